The third kappa shape index (κ3) is 2.89. The van der Waals surface area contributed by atoms with E-state index in [9.17, 15) is 4.39 Å². The molecule has 0 aliphatic carbocycles. The Kier molecular flexibility index (Phi) is 4.09. The Bertz CT molecular complexity index is 574. The average molecular weight is 261 g/mol. The third-order valence-electron chi connectivity index (χ3n) is 2.93. The molecule has 0 fully saturated rings. The summed E-state index contributed by atoms with van der Waals surface area (Å²) in [6.45, 7) is 1.89. The molecule has 1 heterocycles. The van der Waals surface area contributed by atoms with Crippen LogP contribution in [0.25, 0.3) is 0 Å². The Morgan fingerprint density at radius 1 is 1.26 bits per heavy atom. The number of nitrogens with two attached hydrogens (primary N) is 1. The Morgan fingerprint density at radius 2 is 2.00 bits per heavy atom. The third-order valence-corrected chi connectivity index (χ3v) is 2.93. The number of hydrogen-bond acceptors (Lipinski definition) is 4. The molecule has 0 radical (unpaired) electrons. The zero-order valence-corrected chi connectivity index (χ0v) is 10.9. The standard InChI is InChI=1S/C14H16FN3O/c1-9-7-11(5-6-17-9)14(18-16)10-3-4-13(19-2)12(15)8-10/h3-8,14,18H,16H2,1-2H3. The summed E-state index contributed by atoms with van der Waals surface area (Å²) in [7, 11) is 1.43. The minimum atomic E-state index is -0.411. The van der Waals surface area contributed by atoms with Crippen molar-refractivity contribution in [1.29, 1.82) is 0 Å². The first-order valence-corrected chi connectivity index (χ1v) is 5.88. The van der Waals surface area contributed by atoms with Gasteiger partial charge in [-0.15, -0.1) is 0 Å². The van der Waals surface area contributed by atoms with E-state index in [0.717, 1.165) is 16.8 Å². The Hall–Kier alpha value is -1.98. The van der Waals surface area contributed by atoms with E-state index in [1.807, 2.05) is 19.1 Å². The monoisotopic (exact) mass is 261 g/mol. The van der Waals surface area contributed by atoms with Gasteiger partial charge in [0.1, 0.15) is 0 Å². The highest BCUT2D eigenvalue weighted by atomic mass is 19.1. The van der Waals surface area contributed by atoms with Gasteiger partial charge in [0.05, 0.1) is 13.2 Å². The molecule has 0 saturated heterocycles. The summed E-state index contributed by atoms with van der Waals surface area (Å²) in [5.74, 6) is 5.39. The zero-order chi connectivity index (χ0) is 13.8. The lowest BCUT2D eigenvalue weighted by molar-refractivity contribution is 0.385. The number of aromatic nitrogens is 1. The summed E-state index contributed by atoms with van der Waals surface area (Å²) < 4.78 is 18.6. The van der Waals surface area contributed by atoms with E-state index in [4.69, 9.17) is 10.6 Å². The minimum Gasteiger partial charge on any atom is -0.494 e. The van der Waals surface area contributed by atoms with Crippen molar-refractivity contribution in [1.82, 2.24) is 10.4 Å². The van der Waals surface area contributed by atoms with Gasteiger partial charge in [-0.25, -0.2) is 9.82 Å². The molecule has 0 bridgehead atoms. The first-order valence-electron chi connectivity index (χ1n) is 5.88. The fourth-order valence-electron chi connectivity index (χ4n) is 1.99. The Morgan fingerprint density at radius 3 is 2.58 bits per heavy atom. The van der Waals surface area contributed by atoms with E-state index in [1.165, 1.54) is 13.2 Å². The first-order chi connectivity index (χ1) is 9.15. The number of halogens is 1. The van der Waals surface area contributed by atoms with Gasteiger partial charge in [-0.05, 0) is 42.3 Å². The molecule has 1 atom stereocenters. The van der Waals surface area contributed by atoms with Crippen molar-refractivity contribution < 1.29 is 9.13 Å². The summed E-state index contributed by atoms with van der Waals surface area (Å²) in [4.78, 5) is 4.13. The maximum Gasteiger partial charge on any atom is 0.165 e. The van der Waals surface area contributed by atoms with Crippen molar-refractivity contribution in [3.63, 3.8) is 0 Å². The molecule has 0 amide bonds. The minimum absolute atomic E-state index is 0.213. The van der Waals surface area contributed by atoms with Gasteiger partial charge in [-0.3, -0.25) is 10.8 Å². The quantitative estimate of drug-likeness (QED) is 0.653. The molecule has 0 aliphatic heterocycles. The van der Waals surface area contributed by atoms with Gasteiger partial charge >= 0.3 is 0 Å². The molecule has 19 heavy (non-hydrogen) atoms. The molecule has 2 aromatic rings. The van der Waals surface area contributed by atoms with Gasteiger partial charge in [0, 0.05) is 11.9 Å². The van der Waals surface area contributed by atoms with Gasteiger partial charge in [-0.1, -0.05) is 6.07 Å². The Balaban J connectivity index is 2.39. The van der Waals surface area contributed by atoms with Crippen molar-refractivity contribution in [3.8, 4) is 5.75 Å². The average Bonchev–Trinajstić information content (AvgIpc) is 2.40. The van der Waals surface area contributed by atoms with Crippen LogP contribution < -0.4 is 16.0 Å². The van der Waals surface area contributed by atoms with Crippen LogP contribution in [0.1, 0.15) is 22.9 Å². The second-order valence-electron chi connectivity index (χ2n) is 4.22. The number of benzene rings is 1. The molecule has 0 spiro atoms. The van der Waals surface area contributed by atoms with E-state index in [2.05, 4.69) is 10.4 Å². The highest BCUT2D eigenvalue weighted by molar-refractivity contribution is 5.36. The Labute approximate surface area is 111 Å². The van der Waals surface area contributed by atoms with Crippen LogP contribution in [0.5, 0.6) is 5.75 Å². The van der Waals surface area contributed by atoms with E-state index >= 15 is 0 Å². The molecule has 0 saturated carbocycles. The second-order valence-corrected chi connectivity index (χ2v) is 4.22. The van der Waals surface area contributed by atoms with E-state index < -0.39 is 5.82 Å². The summed E-state index contributed by atoms with van der Waals surface area (Å²) >= 11 is 0. The highest BCUT2D eigenvalue weighted by Gasteiger charge is 2.15. The topological polar surface area (TPSA) is 60.2 Å². The van der Waals surface area contributed by atoms with E-state index in [1.54, 1.807) is 18.3 Å². The highest BCUT2D eigenvalue weighted by Crippen LogP contribution is 2.25. The molecule has 100 valence electrons. The van der Waals surface area contributed by atoms with Crippen LogP contribution in [0.15, 0.2) is 36.5 Å². The van der Waals surface area contributed by atoms with Crippen LogP contribution in [-0.2, 0) is 0 Å². The van der Waals surface area contributed by atoms with Gasteiger partial charge < -0.3 is 4.74 Å². The number of nitrogens with one attached hydrogen (secondary N) is 1. The number of hydrazine groups is 1. The lowest BCUT2D eigenvalue weighted by Crippen LogP contribution is -2.29. The van der Waals surface area contributed by atoms with Crippen molar-refractivity contribution in [2.45, 2.75) is 13.0 Å². The van der Waals surface area contributed by atoms with Crippen LogP contribution >= 0.6 is 0 Å². The molecular weight excluding hydrogens is 245 g/mol. The molecular formula is C14H16FN3O. The number of pyridine rings is 1. The van der Waals surface area contributed by atoms with Gasteiger partial charge in [0.15, 0.2) is 11.6 Å². The van der Waals surface area contributed by atoms with Crippen LogP contribution in [0.4, 0.5) is 4.39 Å². The van der Waals surface area contributed by atoms with Gasteiger partial charge in [-0.2, -0.15) is 0 Å². The maximum atomic E-state index is 13.7. The SMILES string of the molecule is COc1ccc(C(NN)c2ccnc(C)c2)cc1F. The van der Waals surface area contributed by atoms with E-state index in [-0.39, 0.29) is 11.8 Å². The fourth-order valence-corrected chi connectivity index (χ4v) is 1.99. The number of ether oxygens (including phenoxy) is 1. The molecule has 2 rings (SSSR count). The molecule has 5 heteroatoms. The van der Waals surface area contributed by atoms with Crippen LogP contribution in [0.2, 0.25) is 0 Å². The lowest BCUT2D eigenvalue weighted by Gasteiger charge is -2.17. The molecule has 3 N–H and O–H groups in total. The summed E-state index contributed by atoms with van der Waals surface area (Å²) in [5.41, 5.74) is 5.23. The van der Waals surface area contributed by atoms with Gasteiger partial charge in [0.25, 0.3) is 0 Å². The number of methoxy groups -OCH3 is 1. The smallest absolute Gasteiger partial charge is 0.165 e. The lowest BCUT2D eigenvalue weighted by atomic mass is 9.99. The fraction of sp³-hybridized carbons (Fsp3) is 0.214. The van der Waals surface area contributed by atoms with Crippen LogP contribution in [-0.4, -0.2) is 12.1 Å². The molecule has 4 nitrogen and oxygen atoms in total. The summed E-state index contributed by atoms with van der Waals surface area (Å²) in [6.07, 6.45) is 1.70. The van der Waals surface area contributed by atoms with Crippen molar-refractivity contribution in [2.24, 2.45) is 5.84 Å². The van der Waals surface area contributed by atoms with Crippen molar-refractivity contribution >= 4 is 0 Å². The maximum absolute atomic E-state index is 13.7. The van der Waals surface area contributed by atoms with Crippen molar-refractivity contribution in [2.75, 3.05) is 7.11 Å². The van der Waals surface area contributed by atoms with Crippen molar-refractivity contribution in [3.05, 3.63) is 59.2 Å². The summed E-state index contributed by atoms with van der Waals surface area (Å²) in [6, 6.07) is 8.25. The number of aryl methyl sites for hydroxylation is 1. The van der Waals surface area contributed by atoms with Crippen LogP contribution in [0, 0.1) is 12.7 Å². The predicted molar refractivity (Wildman–Crippen MR) is 71.1 cm³/mol. The molecule has 1 aromatic carbocycles. The number of rotatable bonds is 4. The first kappa shape index (κ1) is 13.5. The zero-order valence-electron chi connectivity index (χ0n) is 10.9. The van der Waals surface area contributed by atoms with E-state index in [0.29, 0.717) is 0 Å². The van der Waals surface area contributed by atoms with Crippen LogP contribution in [0.3, 0.4) is 0 Å². The normalized spacial score (nSPS) is 12.2. The summed E-state index contributed by atoms with van der Waals surface area (Å²) in [5, 5.41) is 0. The molecule has 1 unspecified atom stereocenters. The van der Waals surface area contributed by atoms with Gasteiger partial charge in [0.2, 0.25) is 0 Å². The molecule has 0 aliphatic rings. The molecule has 1 aromatic heterocycles. The predicted octanol–water partition coefficient (Wildman–Crippen LogP) is 2.09. The second kappa shape index (κ2) is 5.77. The number of hydrogen-bond donors (Lipinski definition) is 2. The number of nitrogens with zero attached hydrogens (tertiary/aromatic N) is 1. The largest absolute Gasteiger partial charge is 0.494 e.